The number of likely N-dealkylation sites (tertiary alicyclic amines) is 1. The van der Waals surface area contributed by atoms with Crippen molar-refractivity contribution in [3.8, 4) is 0 Å². The molecule has 1 aliphatic rings. The number of benzene rings is 1. The fraction of sp³-hybridized carbons (Fsp3) is 0.500. The van der Waals surface area contributed by atoms with Crippen molar-refractivity contribution >= 4 is 6.01 Å². The molecular formula is C16H22N4O2. The highest BCUT2D eigenvalue weighted by atomic mass is 16.4. The van der Waals surface area contributed by atoms with Crippen molar-refractivity contribution < 1.29 is 9.52 Å². The maximum atomic E-state index is 9.46. The molecule has 118 valence electrons. The summed E-state index contributed by atoms with van der Waals surface area (Å²) in [5.41, 5.74) is 2.48. The Bertz CT molecular complexity index is 614. The predicted octanol–water partition coefficient (Wildman–Crippen LogP) is 1.95. The fourth-order valence-electron chi connectivity index (χ4n) is 2.95. The third kappa shape index (κ3) is 3.45. The van der Waals surface area contributed by atoms with E-state index in [1.807, 2.05) is 6.07 Å². The normalized spacial score (nSPS) is 18.7. The smallest absolute Gasteiger partial charge is 0.315 e. The van der Waals surface area contributed by atoms with Crippen molar-refractivity contribution in [1.82, 2.24) is 15.1 Å². The number of aromatic nitrogens is 2. The van der Waals surface area contributed by atoms with Crippen LogP contribution in [0.2, 0.25) is 0 Å². The number of aliphatic hydroxyl groups is 1. The molecular weight excluding hydrogens is 280 g/mol. The van der Waals surface area contributed by atoms with Crippen LogP contribution in [0.5, 0.6) is 0 Å². The number of rotatable bonds is 6. The van der Waals surface area contributed by atoms with Crippen LogP contribution in [0.1, 0.15) is 29.9 Å². The van der Waals surface area contributed by atoms with Crippen molar-refractivity contribution in [1.29, 1.82) is 0 Å². The zero-order valence-corrected chi connectivity index (χ0v) is 12.8. The number of nitrogens with one attached hydrogen (secondary N) is 1. The number of aryl methyl sites for hydroxylation is 1. The fourth-order valence-corrected chi connectivity index (χ4v) is 2.95. The summed E-state index contributed by atoms with van der Waals surface area (Å²) in [7, 11) is 0. The quantitative estimate of drug-likeness (QED) is 0.849. The van der Waals surface area contributed by atoms with E-state index >= 15 is 0 Å². The predicted molar refractivity (Wildman–Crippen MR) is 83.3 cm³/mol. The van der Waals surface area contributed by atoms with Crippen molar-refractivity contribution in [3.63, 3.8) is 0 Å². The topological polar surface area (TPSA) is 74.4 Å². The van der Waals surface area contributed by atoms with E-state index in [-0.39, 0.29) is 6.61 Å². The van der Waals surface area contributed by atoms with Gasteiger partial charge in [-0.15, -0.1) is 5.10 Å². The Balaban J connectivity index is 1.67. The number of anilines is 1. The zero-order chi connectivity index (χ0) is 15.4. The Kier molecular flexibility index (Phi) is 4.70. The molecule has 0 unspecified atom stereocenters. The largest absolute Gasteiger partial charge is 0.408 e. The standard InChI is InChI=1S/C16H22N4O2/c1-12-18-19-16(22-12)17-9-13-5-2-3-6-14(13)10-20-8-4-7-15(20)11-21/h2-3,5-6,15,21H,4,7-11H2,1H3,(H,17,19)/t15-/m1/s1. The van der Waals surface area contributed by atoms with E-state index in [0.29, 0.717) is 24.5 Å². The molecule has 1 fully saturated rings. The van der Waals surface area contributed by atoms with Crippen LogP contribution < -0.4 is 5.32 Å². The van der Waals surface area contributed by atoms with Gasteiger partial charge in [0.25, 0.3) is 0 Å². The van der Waals surface area contributed by atoms with E-state index in [2.05, 4.69) is 38.6 Å². The summed E-state index contributed by atoms with van der Waals surface area (Å²) in [6.45, 7) is 4.58. The van der Waals surface area contributed by atoms with Crippen molar-refractivity contribution in [3.05, 3.63) is 41.3 Å². The Morgan fingerprint density at radius 3 is 2.86 bits per heavy atom. The third-order valence-corrected chi connectivity index (χ3v) is 4.16. The van der Waals surface area contributed by atoms with Crippen LogP contribution in [0.15, 0.2) is 28.7 Å². The van der Waals surface area contributed by atoms with E-state index in [1.165, 1.54) is 11.1 Å². The highest BCUT2D eigenvalue weighted by molar-refractivity contribution is 5.31. The van der Waals surface area contributed by atoms with Crippen LogP contribution in [-0.2, 0) is 13.1 Å². The van der Waals surface area contributed by atoms with Gasteiger partial charge in [0, 0.05) is 26.1 Å². The average Bonchev–Trinajstić information content (AvgIpc) is 3.15. The number of hydrogen-bond acceptors (Lipinski definition) is 6. The average molecular weight is 302 g/mol. The molecule has 1 aliphatic heterocycles. The van der Waals surface area contributed by atoms with Gasteiger partial charge in [-0.3, -0.25) is 4.90 Å². The summed E-state index contributed by atoms with van der Waals surface area (Å²) < 4.78 is 5.34. The molecule has 1 aromatic heterocycles. The Labute approximate surface area is 130 Å². The molecule has 6 nitrogen and oxygen atoms in total. The third-order valence-electron chi connectivity index (χ3n) is 4.16. The molecule has 0 saturated carbocycles. The lowest BCUT2D eigenvalue weighted by Gasteiger charge is -2.24. The van der Waals surface area contributed by atoms with Gasteiger partial charge in [0.1, 0.15) is 0 Å². The molecule has 1 aromatic carbocycles. The minimum atomic E-state index is 0.238. The van der Waals surface area contributed by atoms with E-state index < -0.39 is 0 Å². The molecule has 2 heterocycles. The monoisotopic (exact) mass is 302 g/mol. The van der Waals surface area contributed by atoms with Gasteiger partial charge in [0.05, 0.1) is 6.61 Å². The van der Waals surface area contributed by atoms with Crippen LogP contribution in [-0.4, -0.2) is 39.4 Å². The van der Waals surface area contributed by atoms with Gasteiger partial charge in [0.15, 0.2) is 0 Å². The highest BCUT2D eigenvalue weighted by Gasteiger charge is 2.24. The SMILES string of the molecule is Cc1nnc(NCc2ccccc2CN2CCC[C@@H]2CO)o1. The lowest BCUT2D eigenvalue weighted by Crippen LogP contribution is -2.32. The molecule has 1 atom stereocenters. The maximum Gasteiger partial charge on any atom is 0.315 e. The van der Waals surface area contributed by atoms with Crippen LogP contribution in [0.25, 0.3) is 0 Å². The first-order valence-corrected chi connectivity index (χ1v) is 7.72. The molecule has 22 heavy (non-hydrogen) atoms. The van der Waals surface area contributed by atoms with E-state index in [1.54, 1.807) is 6.92 Å². The maximum absolute atomic E-state index is 9.46. The van der Waals surface area contributed by atoms with Crippen molar-refractivity contribution in [2.45, 2.75) is 38.9 Å². The Morgan fingerprint density at radius 1 is 1.32 bits per heavy atom. The first kappa shape index (κ1) is 15.0. The van der Waals surface area contributed by atoms with E-state index in [4.69, 9.17) is 4.42 Å². The van der Waals surface area contributed by atoms with Crippen LogP contribution in [0.3, 0.4) is 0 Å². The van der Waals surface area contributed by atoms with Gasteiger partial charge < -0.3 is 14.8 Å². The minimum Gasteiger partial charge on any atom is -0.408 e. The van der Waals surface area contributed by atoms with Gasteiger partial charge in [-0.25, -0.2) is 0 Å². The summed E-state index contributed by atoms with van der Waals surface area (Å²) in [4.78, 5) is 2.36. The molecule has 0 bridgehead atoms. The van der Waals surface area contributed by atoms with Gasteiger partial charge >= 0.3 is 6.01 Å². The summed E-state index contributed by atoms with van der Waals surface area (Å²) in [6.07, 6.45) is 2.24. The lowest BCUT2D eigenvalue weighted by atomic mass is 10.1. The lowest BCUT2D eigenvalue weighted by molar-refractivity contribution is 0.153. The summed E-state index contributed by atoms with van der Waals surface area (Å²) >= 11 is 0. The number of hydrogen-bond donors (Lipinski definition) is 2. The summed E-state index contributed by atoms with van der Waals surface area (Å²) in [5, 5.41) is 20.4. The van der Waals surface area contributed by atoms with Gasteiger partial charge in [-0.1, -0.05) is 29.4 Å². The second kappa shape index (κ2) is 6.89. The molecule has 6 heteroatoms. The van der Waals surface area contributed by atoms with Crippen molar-refractivity contribution in [2.24, 2.45) is 0 Å². The summed E-state index contributed by atoms with van der Waals surface area (Å²) in [5.74, 6) is 0.554. The van der Waals surface area contributed by atoms with E-state index in [0.717, 1.165) is 25.9 Å². The highest BCUT2D eigenvalue weighted by Crippen LogP contribution is 2.21. The molecule has 2 aromatic rings. The molecule has 3 rings (SSSR count). The molecule has 0 amide bonds. The van der Waals surface area contributed by atoms with Gasteiger partial charge in [0.2, 0.25) is 5.89 Å². The van der Waals surface area contributed by atoms with E-state index in [9.17, 15) is 5.11 Å². The molecule has 0 spiro atoms. The zero-order valence-electron chi connectivity index (χ0n) is 12.8. The summed E-state index contributed by atoms with van der Waals surface area (Å²) in [6, 6.07) is 9.08. The number of aliphatic hydroxyl groups excluding tert-OH is 1. The first-order valence-electron chi connectivity index (χ1n) is 7.72. The first-order chi connectivity index (χ1) is 10.8. The molecule has 0 radical (unpaired) electrons. The Hall–Kier alpha value is -1.92. The molecule has 1 saturated heterocycles. The second-order valence-corrected chi connectivity index (χ2v) is 5.70. The van der Waals surface area contributed by atoms with Gasteiger partial charge in [-0.2, -0.15) is 0 Å². The van der Waals surface area contributed by atoms with Crippen LogP contribution >= 0.6 is 0 Å². The second-order valence-electron chi connectivity index (χ2n) is 5.70. The van der Waals surface area contributed by atoms with Crippen molar-refractivity contribution in [2.75, 3.05) is 18.5 Å². The van der Waals surface area contributed by atoms with Crippen LogP contribution in [0, 0.1) is 6.92 Å². The number of nitrogens with zero attached hydrogens (tertiary/aromatic N) is 3. The van der Waals surface area contributed by atoms with Crippen LogP contribution in [0.4, 0.5) is 6.01 Å². The molecule has 2 N–H and O–H groups in total. The Morgan fingerprint density at radius 2 is 2.14 bits per heavy atom. The molecule has 0 aliphatic carbocycles. The minimum absolute atomic E-state index is 0.238. The van der Waals surface area contributed by atoms with Gasteiger partial charge in [-0.05, 0) is 30.5 Å².